The smallest absolute Gasteiger partial charge is 0.478 e. The fourth-order valence-corrected chi connectivity index (χ4v) is 4.36. The van der Waals surface area contributed by atoms with Gasteiger partial charge in [-0.1, -0.05) is 46.3 Å². The molecule has 37 heavy (non-hydrogen) atoms. The largest absolute Gasteiger partial charge is 0.490 e. The maximum atomic E-state index is 12.6. The summed E-state index contributed by atoms with van der Waals surface area (Å²) in [7, 11) is -3.84. The third-order valence-electron chi connectivity index (χ3n) is 4.78. The Bertz CT molecular complexity index is 1330. The van der Waals surface area contributed by atoms with Crippen LogP contribution in [0.2, 0.25) is 0 Å². The van der Waals surface area contributed by atoms with E-state index in [1.165, 1.54) is 18.2 Å². The van der Waals surface area contributed by atoms with Gasteiger partial charge < -0.3 is 15.1 Å². The predicted molar refractivity (Wildman–Crippen MR) is 135 cm³/mol. The van der Waals surface area contributed by atoms with E-state index in [0.29, 0.717) is 18.8 Å². The number of aromatic carboxylic acids is 1. The van der Waals surface area contributed by atoms with Crippen LogP contribution in [0.4, 0.5) is 24.5 Å². The van der Waals surface area contributed by atoms with Gasteiger partial charge in [0.2, 0.25) is 0 Å². The first-order chi connectivity index (χ1) is 17.2. The predicted octanol–water partition coefficient (Wildman–Crippen LogP) is 5.61. The van der Waals surface area contributed by atoms with Crippen LogP contribution in [0.15, 0.2) is 82.2 Å². The number of benzene rings is 3. The minimum absolute atomic E-state index is 0.0313. The van der Waals surface area contributed by atoms with Crippen LogP contribution in [0.3, 0.4) is 0 Å². The summed E-state index contributed by atoms with van der Waals surface area (Å²) in [5, 5.41) is 16.9. The van der Waals surface area contributed by atoms with Crippen LogP contribution < -0.4 is 9.62 Å². The third-order valence-corrected chi connectivity index (χ3v) is 6.71. The van der Waals surface area contributed by atoms with Crippen molar-refractivity contribution in [2.24, 2.45) is 0 Å². The topological polar surface area (TPSA) is 124 Å². The van der Waals surface area contributed by atoms with Crippen molar-refractivity contribution in [2.75, 3.05) is 16.2 Å². The maximum absolute atomic E-state index is 12.6. The lowest BCUT2D eigenvalue weighted by atomic mass is 10.1. The molecule has 198 valence electrons. The van der Waals surface area contributed by atoms with Crippen LogP contribution >= 0.6 is 15.9 Å². The molecule has 0 unspecified atom stereocenters. The Hall–Kier alpha value is -3.58. The summed E-state index contributed by atoms with van der Waals surface area (Å²) in [5.74, 6) is -3.88. The van der Waals surface area contributed by atoms with Crippen molar-refractivity contribution in [2.45, 2.75) is 24.5 Å². The van der Waals surface area contributed by atoms with E-state index in [1.54, 1.807) is 24.3 Å². The van der Waals surface area contributed by atoms with Gasteiger partial charge in [0, 0.05) is 23.2 Å². The molecular weight excluding hydrogens is 581 g/mol. The van der Waals surface area contributed by atoms with Crippen molar-refractivity contribution >= 4 is 49.3 Å². The highest BCUT2D eigenvalue weighted by Gasteiger charge is 2.38. The number of anilines is 2. The first-order valence-corrected chi connectivity index (χ1v) is 12.8. The standard InChI is InChI=1S/C22H21BrN2O4S.C2HF3O2/c1-2-25(15-16-6-4-3-5-7-16)21-13-10-18(14-20(21)22(26)27)24-30(28,29)19-11-8-17(23)9-12-19;3-2(4,5)1(6)7/h3-14,24H,2,15H2,1H3,(H,26,27);(H,6,7). The van der Waals surface area contributed by atoms with Crippen LogP contribution in [-0.4, -0.2) is 43.3 Å². The molecule has 3 N–H and O–H groups in total. The molecule has 8 nitrogen and oxygen atoms in total. The summed E-state index contributed by atoms with van der Waals surface area (Å²) in [6.45, 7) is 3.08. The van der Waals surface area contributed by atoms with Gasteiger partial charge in [0.25, 0.3) is 10.0 Å². The van der Waals surface area contributed by atoms with E-state index in [-0.39, 0.29) is 16.1 Å². The van der Waals surface area contributed by atoms with Crippen molar-refractivity contribution in [3.8, 4) is 0 Å². The third kappa shape index (κ3) is 8.79. The number of hydrogen-bond acceptors (Lipinski definition) is 5. The second kappa shape index (κ2) is 12.6. The number of aliphatic carboxylic acids is 1. The number of carboxylic acid groups (broad SMARTS) is 2. The van der Waals surface area contributed by atoms with Crippen molar-refractivity contribution < 1.29 is 41.4 Å². The first-order valence-electron chi connectivity index (χ1n) is 10.5. The summed E-state index contributed by atoms with van der Waals surface area (Å²) in [4.78, 5) is 22.8. The minimum Gasteiger partial charge on any atom is -0.478 e. The molecule has 0 amide bonds. The Morgan fingerprint density at radius 3 is 2.03 bits per heavy atom. The molecule has 0 radical (unpaired) electrons. The molecule has 0 bridgehead atoms. The van der Waals surface area contributed by atoms with Crippen molar-refractivity contribution in [3.05, 3.63) is 88.4 Å². The molecule has 3 aromatic rings. The number of alkyl halides is 3. The van der Waals surface area contributed by atoms with Crippen LogP contribution in [-0.2, 0) is 21.4 Å². The van der Waals surface area contributed by atoms with Gasteiger partial charge in [-0.15, -0.1) is 0 Å². The fraction of sp³-hybridized carbons (Fsp3) is 0.167. The highest BCUT2D eigenvalue weighted by atomic mass is 79.9. The average molecular weight is 603 g/mol. The molecule has 0 aliphatic heterocycles. The zero-order valence-corrected chi connectivity index (χ0v) is 21.6. The number of hydrogen-bond donors (Lipinski definition) is 3. The van der Waals surface area contributed by atoms with Gasteiger partial charge in [0.1, 0.15) is 0 Å². The summed E-state index contributed by atoms with van der Waals surface area (Å²) >= 11 is 3.27. The number of nitrogens with zero attached hydrogens (tertiary/aromatic N) is 1. The summed E-state index contributed by atoms with van der Waals surface area (Å²) < 4.78 is 60.2. The van der Waals surface area contributed by atoms with Crippen LogP contribution in [0.1, 0.15) is 22.8 Å². The highest BCUT2D eigenvalue weighted by Crippen LogP contribution is 2.27. The summed E-state index contributed by atoms with van der Waals surface area (Å²) in [5.41, 5.74) is 1.80. The van der Waals surface area contributed by atoms with Gasteiger partial charge in [-0.2, -0.15) is 13.2 Å². The van der Waals surface area contributed by atoms with Crippen molar-refractivity contribution in [3.63, 3.8) is 0 Å². The molecular formula is C24H22BrF3N2O6S. The summed E-state index contributed by atoms with van der Waals surface area (Å²) in [6, 6.07) is 20.5. The van der Waals surface area contributed by atoms with E-state index in [1.807, 2.05) is 42.2 Å². The van der Waals surface area contributed by atoms with E-state index >= 15 is 0 Å². The Balaban J connectivity index is 0.000000604. The molecule has 0 aliphatic rings. The molecule has 0 fully saturated rings. The van der Waals surface area contributed by atoms with Gasteiger partial charge >= 0.3 is 18.1 Å². The zero-order valence-electron chi connectivity index (χ0n) is 19.2. The Morgan fingerprint density at radius 2 is 1.54 bits per heavy atom. The van der Waals surface area contributed by atoms with E-state index in [4.69, 9.17) is 9.90 Å². The van der Waals surface area contributed by atoms with Crippen molar-refractivity contribution in [1.29, 1.82) is 0 Å². The molecule has 13 heteroatoms. The average Bonchev–Trinajstić information content (AvgIpc) is 2.83. The summed E-state index contributed by atoms with van der Waals surface area (Å²) in [6.07, 6.45) is -5.08. The van der Waals surface area contributed by atoms with Crippen LogP contribution in [0, 0.1) is 0 Å². The van der Waals surface area contributed by atoms with E-state index in [9.17, 15) is 31.5 Å². The number of sulfonamides is 1. The number of nitrogens with one attached hydrogen (secondary N) is 1. The second-order valence-corrected chi connectivity index (χ2v) is 10.00. The highest BCUT2D eigenvalue weighted by molar-refractivity contribution is 9.10. The number of carboxylic acids is 2. The van der Waals surface area contributed by atoms with Gasteiger partial charge in [0.15, 0.2) is 0 Å². The maximum Gasteiger partial charge on any atom is 0.490 e. The van der Waals surface area contributed by atoms with E-state index in [2.05, 4.69) is 20.7 Å². The molecule has 0 spiro atoms. The van der Waals surface area contributed by atoms with Gasteiger partial charge in [-0.05, 0) is 55.0 Å². The normalized spacial score (nSPS) is 11.2. The van der Waals surface area contributed by atoms with Crippen molar-refractivity contribution in [1.82, 2.24) is 0 Å². The van der Waals surface area contributed by atoms with Crippen LogP contribution in [0.25, 0.3) is 0 Å². The monoisotopic (exact) mass is 602 g/mol. The molecule has 0 saturated carbocycles. The molecule has 3 rings (SSSR count). The number of halogens is 4. The molecule has 0 atom stereocenters. The minimum atomic E-state index is -5.08. The second-order valence-electron chi connectivity index (χ2n) is 7.40. The first kappa shape index (κ1) is 29.6. The van der Waals surface area contributed by atoms with Crippen LogP contribution in [0.5, 0.6) is 0 Å². The molecule has 0 saturated heterocycles. The Labute approximate surface area is 219 Å². The molecule has 0 aliphatic carbocycles. The fourth-order valence-electron chi connectivity index (χ4n) is 3.05. The lowest BCUT2D eigenvalue weighted by Crippen LogP contribution is -2.24. The van der Waals surface area contributed by atoms with Gasteiger partial charge in [-0.3, -0.25) is 4.72 Å². The number of rotatable bonds is 8. The lowest BCUT2D eigenvalue weighted by molar-refractivity contribution is -0.192. The molecule has 0 aromatic heterocycles. The Morgan fingerprint density at radius 1 is 0.973 bits per heavy atom. The zero-order chi connectivity index (χ0) is 27.8. The van der Waals surface area contributed by atoms with E-state index in [0.717, 1.165) is 10.0 Å². The SMILES string of the molecule is CCN(Cc1ccccc1)c1ccc(NS(=O)(=O)c2ccc(Br)cc2)cc1C(=O)O.O=C(O)C(F)(F)F. The van der Waals surface area contributed by atoms with E-state index < -0.39 is 28.1 Å². The quantitative estimate of drug-likeness (QED) is 0.306. The number of carbonyl (C=O) groups is 2. The molecule has 0 heterocycles. The Kier molecular flexibility index (Phi) is 10.1. The lowest BCUT2D eigenvalue weighted by Gasteiger charge is -2.25. The van der Waals surface area contributed by atoms with Gasteiger partial charge in [-0.25, -0.2) is 18.0 Å². The molecule has 3 aromatic carbocycles. The van der Waals surface area contributed by atoms with Gasteiger partial charge in [0.05, 0.1) is 16.1 Å².